The molecule has 1 saturated heterocycles. The second kappa shape index (κ2) is 6.90. The first-order valence-electron chi connectivity index (χ1n) is 7.64. The van der Waals surface area contributed by atoms with E-state index in [4.69, 9.17) is 4.74 Å². The monoisotopic (exact) mass is 307 g/mol. The van der Waals surface area contributed by atoms with Gasteiger partial charge in [-0.05, 0) is 58.2 Å². The molecule has 1 aromatic rings. The Labute approximate surface area is 130 Å². The van der Waals surface area contributed by atoms with Crippen LogP contribution in [-0.2, 0) is 4.79 Å². The van der Waals surface area contributed by atoms with Crippen molar-refractivity contribution in [2.24, 2.45) is 0 Å². The third-order valence-corrected chi connectivity index (χ3v) is 4.17. The van der Waals surface area contributed by atoms with Gasteiger partial charge in [0.2, 0.25) is 0 Å². The number of amides is 1. The van der Waals surface area contributed by atoms with Crippen LogP contribution in [-0.4, -0.2) is 35.3 Å². The van der Waals surface area contributed by atoms with Crippen LogP contribution in [0, 0.1) is 5.82 Å². The van der Waals surface area contributed by atoms with Crippen molar-refractivity contribution in [1.82, 2.24) is 4.90 Å². The first-order chi connectivity index (χ1) is 10.4. The van der Waals surface area contributed by atoms with E-state index in [1.807, 2.05) is 18.7 Å². The van der Waals surface area contributed by atoms with Gasteiger partial charge in [0.05, 0.1) is 0 Å². The molecule has 120 valence electrons. The van der Waals surface area contributed by atoms with Crippen molar-refractivity contribution in [3.63, 3.8) is 0 Å². The lowest BCUT2D eigenvalue weighted by Crippen LogP contribution is -2.49. The maximum absolute atomic E-state index is 13.9. The highest BCUT2D eigenvalue weighted by molar-refractivity contribution is 5.94. The van der Waals surface area contributed by atoms with E-state index in [0.29, 0.717) is 0 Å². The normalized spacial score (nSPS) is 21.5. The molecule has 1 fully saturated rings. The van der Waals surface area contributed by atoms with Crippen molar-refractivity contribution in [3.8, 4) is 5.75 Å². The summed E-state index contributed by atoms with van der Waals surface area (Å²) in [6.07, 6.45) is 3.09. The summed E-state index contributed by atoms with van der Waals surface area (Å²) < 4.78 is 19.2. The van der Waals surface area contributed by atoms with Crippen LogP contribution in [0.1, 0.15) is 50.4 Å². The molecule has 1 aromatic carbocycles. The largest absolute Gasteiger partial charge is 0.481 e. The molecule has 1 amide bonds. The summed E-state index contributed by atoms with van der Waals surface area (Å²) in [5.41, 5.74) is 0.287. The van der Waals surface area contributed by atoms with E-state index >= 15 is 0 Å². The van der Waals surface area contributed by atoms with Crippen molar-refractivity contribution >= 4 is 11.7 Å². The van der Waals surface area contributed by atoms with Gasteiger partial charge in [-0.3, -0.25) is 9.59 Å². The summed E-state index contributed by atoms with van der Waals surface area (Å²) in [7, 11) is 0. The number of hydrogen-bond acceptors (Lipinski definition) is 3. The highest BCUT2D eigenvalue weighted by Gasteiger charge is 2.29. The smallest absolute Gasteiger partial charge is 0.260 e. The Morgan fingerprint density at radius 2 is 1.91 bits per heavy atom. The minimum atomic E-state index is -0.625. The lowest BCUT2D eigenvalue weighted by atomic mass is 9.97. The molecule has 4 nitrogen and oxygen atoms in total. The summed E-state index contributed by atoms with van der Waals surface area (Å²) >= 11 is 0. The standard InChI is InChI=1S/C17H22FNO3/c1-11-5-4-6-12(2)19(11)17(21)10-22-16-8-7-14(13(3)20)9-15(16)18/h7-9,11-12H,4-6,10H2,1-3H3/t11-,12+. The number of Topliss-reactive ketones (excluding diaryl/α,β-unsaturated/α-hetero) is 1. The van der Waals surface area contributed by atoms with Crippen LogP contribution in [0.2, 0.25) is 0 Å². The average molecular weight is 307 g/mol. The Morgan fingerprint density at radius 1 is 1.27 bits per heavy atom. The fourth-order valence-electron chi connectivity index (χ4n) is 2.96. The summed E-state index contributed by atoms with van der Waals surface area (Å²) in [5, 5.41) is 0. The van der Waals surface area contributed by atoms with Crippen LogP contribution in [0.15, 0.2) is 18.2 Å². The van der Waals surface area contributed by atoms with Crippen molar-refractivity contribution in [2.45, 2.75) is 52.1 Å². The number of nitrogens with zero attached hydrogens (tertiary/aromatic N) is 1. The van der Waals surface area contributed by atoms with Crippen molar-refractivity contribution in [3.05, 3.63) is 29.6 Å². The van der Waals surface area contributed by atoms with Gasteiger partial charge in [0, 0.05) is 17.6 Å². The molecule has 0 bridgehead atoms. The van der Waals surface area contributed by atoms with E-state index in [2.05, 4.69) is 0 Å². The van der Waals surface area contributed by atoms with Gasteiger partial charge in [-0.15, -0.1) is 0 Å². The highest BCUT2D eigenvalue weighted by Crippen LogP contribution is 2.23. The Balaban J connectivity index is 2.00. The van der Waals surface area contributed by atoms with Gasteiger partial charge in [-0.2, -0.15) is 0 Å². The van der Waals surface area contributed by atoms with E-state index in [0.717, 1.165) is 25.3 Å². The maximum atomic E-state index is 13.9. The number of rotatable bonds is 4. The average Bonchev–Trinajstić information content (AvgIpc) is 2.45. The van der Waals surface area contributed by atoms with Crippen molar-refractivity contribution < 1.29 is 18.7 Å². The van der Waals surface area contributed by atoms with Crippen LogP contribution >= 0.6 is 0 Å². The summed E-state index contributed by atoms with van der Waals surface area (Å²) in [4.78, 5) is 25.3. The third-order valence-electron chi connectivity index (χ3n) is 4.17. The molecule has 0 unspecified atom stereocenters. The predicted octanol–water partition coefficient (Wildman–Crippen LogP) is 3.20. The topological polar surface area (TPSA) is 46.6 Å². The van der Waals surface area contributed by atoms with Crippen LogP contribution in [0.5, 0.6) is 5.75 Å². The zero-order valence-electron chi connectivity index (χ0n) is 13.3. The molecule has 0 saturated carbocycles. The molecule has 2 rings (SSSR count). The molecule has 0 N–H and O–H groups in total. The molecule has 0 radical (unpaired) electrons. The fraction of sp³-hybridized carbons (Fsp3) is 0.529. The quantitative estimate of drug-likeness (QED) is 0.803. The number of ether oxygens (including phenoxy) is 1. The first-order valence-corrected chi connectivity index (χ1v) is 7.64. The summed E-state index contributed by atoms with van der Waals surface area (Å²) in [6, 6.07) is 4.39. The number of halogens is 1. The second-order valence-corrected chi connectivity index (χ2v) is 5.92. The molecule has 1 heterocycles. The van der Waals surface area contributed by atoms with Gasteiger partial charge < -0.3 is 9.64 Å². The summed E-state index contributed by atoms with van der Waals surface area (Å²) in [6.45, 7) is 5.23. The Hall–Kier alpha value is -1.91. The lowest BCUT2D eigenvalue weighted by molar-refractivity contribution is -0.139. The Kier molecular flexibility index (Phi) is 5.16. The predicted molar refractivity (Wildman–Crippen MR) is 81.5 cm³/mol. The zero-order chi connectivity index (χ0) is 16.3. The Bertz CT molecular complexity index is 563. The van der Waals surface area contributed by atoms with E-state index in [1.54, 1.807) is 0 Å². The number of carbonyl (C=O) groups is 2. The minimum Gasteiger partial charge on any atom is -0.481 e. The number of ketones is 1. The molecule has 0 spiro atoms. The maximum Gasteiger partial charge on any atom is 0.260 e. The molecule has 2 atom stereocenters. The molecule has 1 aliphatic heterocycles. The van der Waals surface area contributed by atoms with Gasteiger partial charge in [0.1, 0.15) is 0 Å². The van der Waals surface area contributed by atoms with Gasteiger partial charge in [-0.1, -0.05) is 0 Å². The highest BCUT2D eigenvalue weighted by atomic mass is 19.1. The molecular formula is C17H22FNO3. The number of likely N-dealkylation sites (tertiary alicyclic amines) is 1. The third kappa shape index (κ3) is 3.64. The van der Waals surface area contributed by atoms with Crippen LogP contribution in [0.25, 0.3) is 0 Å². The number of hydrogen-bond donors (Lipinski definition) is 0. The van der Waals surface area contributed by atoms with E-state index in [1.165, 1.54) is 19.1 Å². The van der Waals surface area contributed by atoms with Crippen LogP contribution in [0.4, 0.5) is 4.39 Å². The molecular weight excluding hydrogens is 285 g/mol. The molecule has 0 aromatic heterocycles. The van der Waals surface area contributed by atoms with Gasteiger partial charge in [-0.25, -0.2) is 4.39 Å². The Morgan fingerprint density at radius 3 is 2.45 bits per heavy atom. The lowest BCUT2D eigenvalue weighted by Gasteiger charge is -2.38. The van der Waals surface area contributed by atoms with E-state index in [9.17, 15) is 14.0 Å². The van der Waals surface area contributed by atoms with E-state index < -0.39 is 5.82 Å². The molecule has 5 heteroatoms. The van der Waals surface area contributed by atoms with Crippen LogP contribution in [0.3, 0.4) is 0 Å². The van der Waals surface area contributed by atoms with Crippen molar-refractivity contribution in [1.29, 1.82) is 0 Å². The number of piperidine rings is 1. The number of benzene rings is 1. The van der Waals surface area contributed by atoms with Gasteiger partial charge >= 0.3 is 0 Å². The van der Waals surface area contributed by atoms with Crippen molar-refractivity contribution in [2.75, 3.05) is 6.61 Å². The number of carbonyl (C=O) groups excluding carboxylic acids is 2. The second-order valence-electron chi connectivity index (χ2n) is 5.92. The van der Waals surface area contributed by atoms with Gasteiger partial charge in [0.15, 0.2) is 24.0 Å². The van der Waals surface area contributed by atoms with Crippen LogP contribution < -0.4 is 4.74 Å². The molecule has 1 aliphatic rings. The molecule has 0 aliphatic carbocycles. The SMILES string of the molecule is CC(=O)c1ccc(OCC(=O)N2[C@H](C)CCC[C@@H]2C)c(F)c1. The summed E-state index contributed by atoms with van der Waals surface area (Å²) in [5.74, 6) is -0.969. The fourth-order valence-corrected chi connectivity index (χ4v) is 2.96. The zero-order valence-corrected chi connectivity index (χ0v) is 13.3. The first kappa shape index (κ1) is 16.5. The van der Waals surface area contributed by atoms with Gasteiger partial charge in [0.25, 0.3) is 5.91 Å². The molecule has 22 heavy (non-hydrogen) atoms. The van der Waals surface area contributed by atoms with E-state index in [-0.39, 0.29) is 41.7 Å². The minimum absolute atomic E-state index is 0.00401.